The molecule has 0 unspecified atom stereocenters. The first-order valence-electron chi connectivity index (χ1n) is 5.57. The minimum absolute atomic E-state index is 0.0879. The van der Waals surface area contributed by atoms with Crippen LogP contribution in [0.25, 0.3) is 0 Å². The van der Waals surface area contributed by atoms with E-state index < -0.39 is 5.97 Å². The Labute approximate surface area is 110 Å². The molecule has 0 amide bonds. The van der Waals surface area contributed by atoms with E-state index in [-0.39, 0.29) is 11.3 Å². The highest BCUT2D eigenvalue weighted by atomic mass is 16.5. The number of aromatic hydroxyl groups is 1. The molecular formula is C14H12N2O3. The summed E-state index contributed by atoms with van der Waals surface area (Å²) in [6.07, 6.45) is 3.19. The van der Waals surface area contributed by atoms with Crippen molar-refractivity contribution >= 4 is 17.9 Å². The highest BCUT2D eigenvalue weighted by molar-refractivity contribution is 5.91. The van der Waals surface area contributed by atoms with Crippen LogP contribution in [0.15, 0.2) is 47.6 Å². The zero-order valence-corrected chi connectivity index (χ0v) is 10.3. The number of rotatable bonds is 3. The van der Waals surface area contributed by atoms with Crippen LogP contribution in [0.5, 0.6) is 5.75 Å². The fraction of sp³-hybridized carbons (Fsp3) is 0.0714. The number of aliphatic imine (C=N–C) groups is 1. The summed E-state index contributed by atoms with van der Waals surface area (Å²) in [5.41, 5.74) is 1.31. The average Bonchev–Trinajstić information content (AvgIpc) is 2.46. The second-order valence-corrected chi connectivity index (χ2v) is 3.71. The maximum absolute atomic E-state index is 11.3. The third-order valence-corrected chi connectivity index (χ3v) is 2.42. The van der Waals surface area contributed by atoms with Crippen LogP contribution in [0.3, 0.4) is 0 Å². The number of hydrogen-bond acceptors (Lipinski definition) is 5. The van der Waals surface area contributed by atoms with Gasteiger partial charge in [0.05, 0.1) is 24.6 Å². The molecule has 0 radical (unpaired) electrons. The molecule has 1 heterocycles. The van der Waals surface area contributed by atoms with Crippen molar-refractivity contribution in [3.8, 4) is 5.75 Å². The smallest absolute Gasteiger partial charge is 0.337 e. The Morgan fingerprint density at radius 3 is 2.84 bits per heavy atom. The van der Waals surface area contributed by atoms with Crippen LogP contribution < -0.4 is 0 Å². The van der Waals surface area contributed by atoms with Gasteiger partial charge >= 0.3 is 5.97 Å². The standard InChI is InChI=1S/C14H12N2O3/c1-19-14(18)10-5-6-12(13(17)8-10)16-9-11-4-2-3-7-15-11/h2-9,17H,1H3. The van der Waals surface area contributed by atoms with Gasteiger partial charge in [-0.05, 0) is 30.3 Å². The van der Waals surface area contributed by atoms with Gasteiger partial charge in [-0.15, -0.1) is 0 Å². The van der Waals surface area contributed by atoms with Crippen LogP contribution in [0.2, 0.25) is 0 Å². The Morgan fingerprint density at radius 1 is 1.37 bits per heavy atom. The SMILES string of the molecule is COC(=O)c1ccc(N=Cc2ccccn2)c(O)c1. The second-order valence-electron chi connectivity index (χ2n) is 3.71. The van der Waals surface area contributed by atoms with E-state index >= 15 is 0 Å². The fourth-order valence-electron chi connectivity index (χ4n) is 1.47. The Morgan fingerprint density at radius 2 is 2.21 bits per heavy atom. The van der Waals surface area contributed by atoms with Gasteiger partial charge in [-0.1, -0.05) is 6.07 Å². The zero-order valence-electron chi connectivity index (χ0n) is 10.3. The highest BCUT2D eigenvalue weighted by Gasteiger charge is 2.08. The first-order valence-corrected chi connectivity index (χ1v) is 5.57. The molecule has 0 fully saturated rings. The van der Waals surface area contributed by atoms with E-state index in [1.54, 1.807) is 24.4 Å². The van der Waals surface area contributed by atoms with Crippen LogP contribution in [0.1, 0.15) is 16.1 Å². The topological polar surface area (TPSA) is 71.8 Å². The predicted molar refractivity (Wildman–Crippen MR) is 70.9 cm³/mol. The fourth-order valence-corrected chi connectivity index (χ4v) is 1.47. The number of esters is 1. The number of nitrogens with zero attached hydrogens (tertiary/aromatic N) is 2. The van der Waals surface area contributed by atoms with Gasteiger partial charge in [-0.25, -0.2) is 4.79 Å². The van der Waals surface area contributed by atoms with Gasteiger partial charge in [0.25, 0.3) is 0 Å². The summed E-state index contributed by atoms with van der Waals surface area (Å²) in [7, 11) is 1.28. The number of aromatic nitrogens is 1. The molecule has 0 atom stereocenters. The lowest BCUT2D eigenvalue weighted by molar-refractivity contribution is 0.0600. The van der Waals surface area contributed by atoms with Crippen molar-refractivity contribution in [1.82, 2.24) is 4.98 Å². The first-order chi connectivity index (χ1) is 9.20. The molecule has 5 nitrogen and oxygen atoms in total. The number of carbonyl (C=O) groups excluding carboxylic acids is 1. The first kappa shape index (κ1) is 12.8. The number of benzene rings is 1. The monoisotopic (exact) mass is 256 g/mol. The number of pyridine rings is 1. The normalized spacial score (nSPS) is 10.6. The molecule has 1 N–H and O–H groups in total. The molecule has 5 heteroatoms. The summed E-state index contributed by atoms with van der Waals surface area (Å²) in [6, 6.07) is 9.84. The summed E-state index contributed by atoms with van der Waals surface area (Å²) in [4.78, 5) is 19.5. The molecular weight excluding hydrogens is 244 g/mol. The second kappa shape index (κ2) is 5.77. The molecule has 0 spiro atoms. The van der Waals surface area contributed by atoms with E-state index in [1.807, 2.05) is 6.07 Å². The van der Waals surface area contributed by atoms with Crippen LogP contribution in [0, 0.1) is 0 Å². The van der Waals surface area contributed by atoms with Crippen LogP contribution in [-0.4, -0.2) is 29.4 Å². The maximum Gasteiger partial charge on any atom is 0.337 e. The third-order valence-electron chi connectivity index (χ3n) is 2.42. The Bertz CT molecular complexity index is 609. The Balaban J connectivity index is 2.22. The molecule has 0 saturated heterocycles. The van der Waals surface area contributed by atoms with Crippen LogP contribution in [0.4, 0.5) is 5.69 Å². The molecule has 0 aliphatic heterocycles. The minimum atomic E-state index is -0.504. The molecule has 19 heavy (non-hydrogen) atoms. The highest BCUT2D eigenvalue weighted by Crippen LogP contribution is 2.27. The van der Waals surface area contributed by atoms with Gasteiger partial charge in [-0.3, -0.25) is 9.98 Å². The molecule has 0 bridgehead atoms. The maximum atomic E-state index is 11.3. The number of phenolic OH excluding ortho intramolecular Hbond substituents is 1. The zero-order chi connectivity index (χ0) is 13.7. The molecule has 0 aliphatic carbocycles. The summed E-state index contributed by atoms with van der Waals surface area (Å²) in [5, 5.41) is 9.77. The minimum Gasteiger partial charge on any atom is -0.506 e. The molecule has 1 aromatic heterocycles. The number of hydrogen-bond donors (Lipinski definition) is 1. The van der Waals surface area contributed by atoms with Crippen molar-refractivity contribution in [2.45, 2.75) is 0 Å². The van der Waals surface area contributed by atoms with Crippen molar-refractivity contribution in [2.75, 3.05) is 7.11 Å². The molecule has 0 aliphatic rings. The number of carbonyl (C=O) groups is 1. The van der Waals surface area contributed by atoms with E-state index in [0.717, 1.165) is 0 Å². The number of methoxy groups -OCH3 is 1. The van der Waals surface area contributed by atoms with E-state index in [0.29, 0.717) is 11.4 Å². The van der Waals surface area contributed by atoms with Gasteiger partial charge in [0.1, 0.15) is 11.4 Å². The van der Waals surface area contributed by atoms with Gasteiger partial charge in [0.15, 0.2) is 0 Å². The summed E-state index contributed by atoms with van der Waals surface area (Å²) in [5.74, 6) is -0.592. The molecule has 1 aromatic carbocycles. The molecule has 0 saturated carbocycles. The van der Waals surface area contributed by atoms with Gasteiger partial charge in [0.2, 0.25) is 0 Å². The molecule has 96 valence electrons. The van der Waals surface area contributed by atoms with E-state index in [2.05, 4.69) is 14.7 Å². The summed E-state index contributed by atoms with van der Waals surface area (Å²) >= 11 is 0. The molecule has 2 rings (SSSR count). The van der Waals surface area contributed by atoms with Crippen LogP contribution >= 0.6 is 0 Å². The third kappa shape index (κ3) is 3.16. The quantitative estimate of drug-likeness (QED) is 0.675. The summed E-state index contributed by atoms with van der Waals surface area (Å²) in [6.45, 7) is 0. The van der Waals surface area contributed by atoms with Crippen molar-refractivity contribution in [3.05, 3.63) is 53.9 Å². The van der Waals surface area contributed by atoms with E-state index in [4.69, 9.17) is 0 Å². The number of phenols is 1. The van der Waals surface area contributed by atoms with Gasteiger partial charge in [0, 0.05) is 6.20 Å². The van der Waals surface area contributed by atoms with E-state index in [9.17, 15) is 9.90 Å². The lowest BCUT2D eigenvalue weighted by Gasteiger charge is -2.02. The molecule has 2 aromatic rings. The summed E-state index contributed by atoms with van der Waals surface area (Å²) < 4.78 is 4.56. The van der Waals surface area contributed by atoms with Crippen molar-refractivity contribution < 1.29 is 14.6 Å². The lowest BCUT2D eigenvalue weighted by Crippen LogP contribution is -2.00. The Hall–Kier alpha value is -2.69. The van der Waals surface area contributed by atoms with Crippen molar-refractivity contribution in [1.29, 1.82) is 0 Å². The van der Waals surface area contributed by atoms with Crippen molar-refractivity contribution in [2.24, 2.45) is 4.99 Å². The number of ether oxygens (including phenoxy) is 1. The predicted octanol–water partition coefficient (Wildman–Crippen LogP) is 2.32. The van der Waals surface area contributed by atoms with Gasteiger partial charge in [-0.2, -0.15) is 0 Å². The lowest BCUT2D eigenvalue weighted by atomic mass is 10.2. The Kier molecular flexibility index (Phi) is 3.87. The van der Waals surface area contributed by atoms with Gasteiger partial charge < -0.3 is 9.84 Å². The van der Waals surface area contributed by atoms with Crippen LogP contribution in [-0.2, 0) is 4.74 Å². The average molecular weight is 256 g/mol. The van der Waals surface area contributed by atoms with E-state index in [1.165, 1.54) is 25.5 Å². The van der Waals surface area contributed by atoms with Crippen molar-refractivity contribution in [3.63, 3.8) is 0 Å². The largest absolute Gasteiger partial charge is 0.506 e.